The van der Waals surface area contributed by atoms with Gasteiger partial charge in [-0.25, -0.2) is 0 Å². The first-order valence-electron chi connectivity index (χ1n) is 9.30. The van der Waals surface area contributed by atoms with Gasteiger partial charge in [0.15, 0.2) is 0 Å². The average molecular weight is 388 g/mol. The Kier molecular flexibility index (Phi) is 3.81. The summed E-state index contributed by atoms with van der Waals surface area (Å²) >= 11 is 1.68. The first-order chi connectivity index (χ1) is 13.5. The summed E-state index contributed by atoms with van der Waals surface area (Å²) in [4.78, 5) is 16.4. The minimum Gasteiger partial charge on any atom is -0.507 e. The molecule has 2 aliphatic heterocycles. The molecule has 4 nitrogen and oxygen atoms in total. The number of para-hydroxylation sites is 1. The molecule has 0 spiro atoms. The number of nitrogens with zero attached hydrogens (tertiary/aromatic N) is 1. The number of fused-ring (bicyclic) bond motifs is 4. The summed E-state index contributed by atoms with van der Waals surface area (Å²) in [5.41, 5.74) is 5.91. The van der Waals surface area contributed by atoms with Crippen molar-refractivity contribution in [3.05, 3.63) is 81.2 Å². The quantitative estimate of drug-likeness (QED) is 0.635. The third-order valence-electron chi connectivity index (χ3n) is 5.65. The van der Waals surface area contributed by atoms with Crippen LogP contribution in [0.1, 0.15) is 37.5 Å². The number of carbonyl (C=O) groups excluding carboxylic acids is 1. The van der Waals surface area contributed by atoms with Crippen molar-refractivity contribution in [2.75, 3.05) is 4.90 Å². The standard InChI is InChI=1S/C23H20N2O2S/c1-13-14(2)28-23-20(13)22(27)24-21-18(11-15-7-4-6-10-19(15)26)17-9-5-3-8-16(17)12-25(21)23/h3-11,21,26H,12H2,1-2H3,(H,24,27). The van der Waals surface area contributed by atoms with Gasteiger partial charge in [0.1, 0.15) is 16.9 Å². The number of hydrogen-bond donors (Lipinski definition) is 2. The van der Waals surface area contributed by atoms with Gasteiger partial charge in [-0.05, 0) is 42.7 Å². The van der Waals surface area contributed by atoms with E-state index in [-0.39, 0.29) is 17.8 Å². The minimum atomic E-state index is -0.257. The van der Waals surface area contributed by atoms with Gasteiger partial charge in [-0.15, -0.1) is 11.3 Å². The summed E-state index contributed by atoms with van der Waals surface area (Å²) < 4.78 is 0. The van der Waals surface area contributed by atoms with E-state index in [1.165, 1.54) is 10.4 Å². The van der Waals surface area contributed by atoms with Gasteiger partial charge in [0, 0.05) is 22.6 Å². The second kappa shape index (κ2) is 6.24. The van der Waals surface area contributed by atoms with Crippen LogP contribution >= 0.6 is 11.3 Å². The SMILES string of the molecule is Cc1sc2c(c1C)C(=O)NC1C(=Cc3ccccc3O)c3ccccc3CN21. The molecular formula is C23H20N2O2S. The second-order valence-corrected chi connectivity index (χ2v) is 8.49. The number of phenols is 1. The Hall–Kier alpha value is -3.05. The monoisotopic (exact) mass is 388 g/mol. The van der Waals surface area contributed by atoms with Crippen LogP contribution in [0.4, 0.5) is 5.00 Å². The lowest BCUT2D eigenvalue weighted by Crippen LogP contribution is -2.54. The predicted octanol–water partition coefficient (Wildman–Crippen LogP) is 4.70. The number of rotatable bonds is 1. The van der Waals surface area contributed by atoms with E-state index in [9.17, 15) is 9.90 Å². The van der Waals surface area contributed by atoms with Crippen LogP contribution in [0.25, 0.3) is 11.6 Å². The number of hydrogen-bond acceptors (Lipinski definition) is 4. The summed E-state index contributed by atoms with van der Waals surface area (Å²) in [7, 11) is 0. The van der Waals surface area contributed by atoms with E-state index in [0.717, 1.165) is 39.4 Å². The van der Waals surface area contributed by atoms with E-state index in [4.69, 9.17) is 0 Å². The largest absolute Gasteiger partial charge is 0.507 e. The number of anilines is 1. The van der Waals surface area contributed by atoms with Crippen LogP contribution in [0.15, 0.2) is 48.5 Å². The molecular weight excluding hydrogens is 368 g/mol. The van der Waals surface area contributed by atoms with Crippen LogP contribution in [0.3, 0.4) is 0 Å². The van der Waals surface area contributed by atoms with Crippen molar-refractivity contribution >= 4 is 33.9 Å². The number of amides is 1. The van der Waals surface area contributed by atoms with Crippen molar-refractivity contribution in [2.24, 2.45) is 0 Å². The van der Waals surface area contributed by atoms with Crippen LogP contribution in [-0.2, 0) is 6.54 Å². The molecule has 1 amide bonds. The van der Waals surface area contributed by atoms with E-state index in [0.29, 0.717) is 0 Å². The van der Waals surface area contributed by atoms with Crippen molar-refractivity contribution in [1.82, 2.24) is 5.32 Å². The van der Waals surface area contributed by atoms with Crippen molar-refractivity contribution in [2.45, 2.75) is 26.6 Å². The fourth-order valence-corrected chi connectivity index (χ4v) is 5.26. The van der Waals surface area contributed by atoms with Gasteiger partial charge >= 0.3 is 0 Å². The van der Waals surface area contributed by atoms with Gasteiger partial charge < -0.3 is 15.3 Å². The van der Waals surface area contributed by atoms with Crippen molar-refractivity contribution in [3.63, 3.8) is 0 Å². The molecule has 1 atom stereocenters. The second-order valence-electron chi connectivity index (χ2n) is 7.28. The lowest BCUT2D eigenvalue weighted by Gasteiger charge is -2.43. The Labute approximate surface area is 167 Å². The lowest BCUT2D eigenvalue weighted by molar-refractivity contribution is 0.0937. The van der Waals surface area contributed by atoms with Crippen LogP contribution in [0.5, 0.6) is 5.75 Å². The van der Waals surface area contributed by atoms with Gasteiger partial charge in [0.05, 0.1) is 5.56 Å². The highest BCUT2D eigenvalue weighted by Crippen LogP contribution is 2.45. The van der Waals surface area contributed by atoms with Gasteiger partial charge in [-0.2, -0.15) is 0 Å². The lowest BCUT2D eigenvalue weighted by atomic mass is 9.89. The molecule has 0 radical (unpaired) electrons. The van der Waals surface area contributed by atoms with Crippen molar-refractivity contribution < 1.29 is 9.90 Å². The van der Waals surface area contributed by atoms with Crippen LogP contribution in [0.2, 0.25) is 0 Å². The maximum Gasteiger partial charge on any atom is 0.256 e. The fourth-order valence-electron chi connectivity index (χ4n) is 4.08. The van der Waals surface area contributed by atoms with Crippen molar-refractivity contribution in [3.8, 4) is 5.75 Å². The third kappa shape index (κ3) is 2.47. The topological polar surface area (TPSA) is 52.6 Å². The van der Waals surface area contributed by atoms with Crippen LogP contribution < -0.4 is 10.2 Å². The molecule has 0 saturated heterocycles. The number of benzene rings is 2. The first kappa shape index (κ1) is 17.1. The van der Waals surface area contributed by atoms with Gasteiger partial charge in [-0.1, -0.05) is 42.5 Å². The van der Waals surface area contributed by atoms with Gasteiger partial charge in [0.2, 0.25) is 0 Å². The number of nitrogens with one attached hydrogen (secondary N) is 1. The molecule has 3 aromatic rings. The molecule has 28 heavy (non-hydrogen) atoms. The number of aryl methyl sites for hydroxylation is 1. The molecule has 3 heterocycles. The number of carbonyl (C=O) groups is 1. The molecule has 2 aromatic carbocycles. The number of thiophene rings is 1. The zero-order valence-corrected chi connectivity index (χ0v) is 16.5. The molecule has 5 rings (SSSR count). The van der Waals surface area contributed by atoms with E-state index < -0.39 is 0 Å². The zero-order valence-electron chi connectivity index (χ0n) is 15.7. The smallest absolute Gasteiger partial charge is 0.256 e. The molecule has 0 saturated carbocycles. The highest BCUT2D eigenvalue weighted by molar-refractivity contribution is 7.16. The Morgan fingerprint density at radius 3 is 2.71 bits per heavy atom. The summed E-state index contributed by atoms with van der Waals surface area (Å²) in [5.74, 6) is 0.205. The van der Waals surface area contributed by atoms with E-state index in [2.05, 4.69) is 29.3 Å². The molecule has 0 aliphatic carbocycles. The normalized spacial score (nSPS) is 19.1. The molecule has 1 unspecified atom stereocenters. The van der Waals surface area contributed by atoms with E-state index in [1.54, 1.807) is 17.4 Å². The molecule has 2 aliphatic rings. The van der Waals surface area contributed by atoms with Crippen molar-refractivity contribution in [1.29, 1.82) is 0 Å². The van der Waals surface area contributed by atoms with Crippen LogP contribution in [-0.4, -0.2) is 17.2 Å². The highest BCUT2D eigenvalue weighted by atomic mass is 32.1. The van der Waals surface area contributed by atoms with Crippen LogP contribution in [0, 0.1) is 13.8 Å². The Morgan fingerprint density at radius 2 is 1.89 bits per heavy atom. The molecule has 1 aromatic heterocycles. The van der Waals surface area contributed by atoms with E-state index >= 15 is 0 Å². The maximum absolute atomic E-state index is 12.9. The molecule has 0 fully saturated rings. The minimum absolute atomic E-state index is 0.0272. The third-order valence-corrected chi connectivity index (χ3v) is 6.89. The van der Waals surface area contributed by atoms with E-state index in [1.807, 2.05) is 43.3 Å². The zero-order chi connectivity index (χ0) is 19.4. The Balaban J connectivity index is 1.73. The maximum atomic E-state index is 12.9. The average Bonchev–Trinajstić information content (AvgIpc) is 2.99. The molecule has 140 valence electrons. The molecule has 2 N–H and O–H groups in total. The highest BCUT2D eigenvalue weighted by Gasteiger charge is 2.39. The summed E-state index contributed by atoms with van der Waals surface area (Å²) in [6.07, 6.45) is 1.73. The summed E-state index contributed by atoms with van der Waals surface area (Å²) in [6.45, 7) is 4.82. The molecule has 5 heteroatoms. The molecule has 0 bridgehead atoms. The Bertz CT molecular complexity index is 1150. The summed E-state index contributed by atoms with van der Waals surface area (Å²) in [5, 5.41) is 14.5. The summed E-state index contributed by atoms with van der Waals surface area (Å²) in [6, 6.07) is 15.6. The Morgan fingerprint density at radius 1 is 1.14 bits per heavy atom. The first-order valence-corrected chi connectivity index (χ1v) is 10.1. The number of phenolic OH excluding ortho intramolecular Hbond substituents is 1. The predicted molar refractivity (Wildman–Crippen MR) is 114 cm³/mol. The fraction of sp³-hybridized carbons (Fsp3) is 0.174. The number of aromatic hydroxyl groups is 1. The van der Waals surface area contributed by atoms with Gasteiger partial charge in [-0.3, -0.25) is 4.79 Å². The van der Waals surface area contributed by atoms with Gasteiger partial charge in [0.25, 0.3) is 5.91 Å².